The molecule has 0 saturated carbocycles. The molecule has 0 radical (unpaired) electrons. The van der Waals surface area contributed by atoms with Gasteiger partial charge in [0.15, 0.2) is 11.5 Å². The van der Waals surface area contributed by atoms with Crippen LogP contribution in [-0.2, 0) is 4.79 Å². The van der Waals surface area contributed by atoms with Crippen molar-refractivity contribution in [1.82, 2.24) is 15.5 Å². The van der Waals surface area contributed by atoms with Gasteiger partial charge in [-0.25, -0.2) is 0 Å². The van der Waals surface area contributed by atoms with Crippen LogP contribution in [0.15, 0.2) is 81.8 Å². The predicted molar refractivity (Wildman–Crippen MR) is 121 cm³/mol. The maximum atomic E-state index is 12.7. The highest BCUT2D eigenvalue weighted by Crippen LogP contribution is 2.36. The molecule has 0 aliphatic carbocycles. The third-order valence-electron chi connectivity index (χ3n) is 4.80. The number of ether oxygens (including phenoxy) is 2. The standard InChI is InChI=1S/C23H19N3O4S2/c27-20(24-21(19-11-6-12-31-19)15-7-2-1-3-8-15)14-32-23-26-25-22(30-23)18-13-28-16-9-4-5-10-17(16)29-18/h1-12,18,21H,13-14H2,(H,24,27). The van der Waals surface area contributed by atoms with Crippen LogP contribution in [0.3, 0.4) is 0 Å². The van der Waals surface area contributed by atoms with Gasteiger partial charge in [-0.1, -0.05) is 60.3 Å². The average molecular weight is 466 g/mol. The number of para-hydroxylation sites is 2. The Morgan fingerprint density at radius 3 is 2.69 bits per heavy atom. The molecular weight excluding hydrogens is 446 g/mol. The zero-order chi connectivity index (χ0) is 21.8. The van der Waals surface area contributed by atoms with Gasteiger partial charge < -0.3 is 19.2 Å². The fourth-order valence-electron chi connectivity index (χ4n) is 3.30. The number of thiophene rings is 1. The third kappa shape index (κ3) is 4.63. The fraction of sp³-hybridized carbons (Fsp3) is 0.174. The smallest absolute Gasteiger partial charge is 0.277 e. The van der Waals surface area contributed by atoms with E-state index in [1.165, 1.54) is 11.8 Å². The second-order valence-corrected chi connectivity index (χ2v) is 8.89. The number of benzene rings is 2. The maximum absolute atomic E-state index is 12.7. The number of nitrogens with zero attached hydrogens (tertiary/aromatic N) is 2. The summed E-state index contributed by atoms with van der Waals surface area (Å²) in [6, 6.07) is 21.1. The molecule has 2 aromatic carbocycles. The van der Waals surface area contributed by atoms with Crippen LogP contribution in [0, 0.1) is 0 Å². The fourth-order valence-corrected chi connectivity index (χ4v) is 4.68. The van der Waals surface area contributed by atoms with Gasteiger partial charge in [-0.3, -0.25) is 4.79 Å². The summed E-state index contributed by atoms with van der Waals surface area (Å²) in [6.45, 7) is 0.281. The Morgan fingerprint density at radius 1 is 1.06 bits per heavy atom. The van der Waals surface area contributed by atoms with E-state index in [4.69, 9.17) is 13.9 Å². The topological polar surface area (TPSA) is 86.5 Å². The number of hydrogen-bond acceptors (Lipinski definition) is 8. The van der Waals surface area contributed by atoms with E-state index in [2.05, 4.69) is 15.5 Å². The first kappa shape index (κ1) is 20.6. The minimum absolute atomic E-state index is 0.122. The number of hydrogen-bond donors (Lipinski definition) is 1. The monoisotopic (exact) mass is 465 g/mol. The lowest BCUT2D eigenvalue weighted by atomic mass is 10.1. The maximum Gasteiger partial charge on any atom is 0.277 e. The molecule has 1 amide bonds. The van der Waals surface area contributed by atoms with Crippen molar-refractivity contribution in [2.24, 2.45) is 0 Å². The van der Waals surface area contributed by atoms with Crippen LogP contribution in [-0.4, -0.2) is 28.5 Å². The van der Waals surface area contributed by atoms with Gasteiger partial charge in [0.1, 0.15) is 6.61 Å². The Morgan fingerprint density at radius 2 is 1.88 bits per heavy atom. The number of nitrogens with one attached hydrogen (secondary N) is 1. The van der Waals surface area contributed by atoms with Gasteiger partial charge in [0.05, 0.1) is 11.8 Å². The summed E-state index contributed by atoms with van der Waals surface area (Å²) < 4.78 is 17.3. The molecule has 1 aliphatic heterocycles. The number of thioether (sulfide) groups is 1. The highest BCUT2D eigenvalue weighted by Gasteiger charge is 2.27. The van der Waals surface area contributed by atoms with E-state index < -0.39 is 6.10 Å². The molecule has 2 aromatic heterocycles. The van der Waals surface area contributed by atoms with E-state index in [9.17, 15) is 4.79 Å². The zero-order valence-electron chi connectivity index (χ0n) is 16.8. The molecule has 5 rings (SSSR count). The Labute approximate surface area is 192 Å². The summed E-state index contributed by atoms with van der Waals surface area (Å²) >= 11 is 2.80. The van der Waals surface area contributed by atoms with E-state index in [-0.39, 0.29) is 24.3 Å². The van der Waals surface area contributed by atoms with Crippen molar-refractivity contribution in [1.29, 1.82) is 0 Å². The van der Waals surface area contributed by atoms with Crippen LogP contribution in [0.5, 0.6) is 11.5 Å². The average Bonchev–Trinajstić information content (AvgIpc) is 3.54. The summed E-state index contributed by atoms with van der Waals surface area (Å²) in [5.74, 6) is 1.68. The molecule has 2 atom stereocenters. The number of fused-ring (bicyclic) bond motifs is 1. The van der Waals surface area contributed by atoms with Crippen molar-refractivity contribution in [2.45, 2.75) is 17.4 Å². The molecule has 1 aliphatic rings. The van der Waals surface area contributed by atoms with Crippen LogP contribution >= 0.6 is 23.1 Å². The zero-order valence-corrected chi connectivity index (χ0v) is 18.5. The summed E-state index contributed by atoms with van der Waals surface area (Å²) in [5.41, 5.74) is 1.03. The summed E-state index contributed by atoms with van der Waals surface area (Å²) in [5, 5.41) is 13.5. The number of aromatic nitrogens is 2. The number of rotatable bonds is 7. The van der Waals surface area contributed by atoms with Gasteiger partial charge in [0.2, 0.25) is 12.0 Å². The van der Waals surface area contributed by atoms with Gasteiger partial charge in [-0.05, 0) is 29.1 Å². The highest BCUT2D eigenvalue weighted by molar-refractivity contribution is 7.99. The van der Waals surface area contributed by atoms with E-state index in [1.54, 1.807) is 11.3 Å². The minimum Gasteiger partial charge on any atom is -0.485 e. The highest BCUT2D eigenvalue weighted by atomic mass is 32.2. The minimum atomic E-state index is -0.484. The van der Waals surface area contributed by atoms with Crippen LogP contribution in [0.4, 0.5) is 0 Å². The van der Waals surface area contributed by atoms with Gasteiger partial charge in [-0.2, -0.15) is 0 Å². The molecule has 32 heavy (non-hydrogen) atoms. The molecule has 7 nitrogen and oxygen atoms in total. The van der Waals surface area contributed by atoms with Crippen molar-refractivity contribution < 1.29 is 18.7 Å². The Bertz CT molecular complexity index is 1180. The molecule has 3 heterocycles. The van der Waals surface area contributed by atoms with Crippen LogP contribution < -0.4 is 14.8 Å². The molecule has 2 unspecified atom stereocenters. The lowest BCUT2D eigenvalue weighted by Gasteiger charge is -2.23. The first-order valence-electron chi connectivity index (χ1n) is 9.98. The van der Waals surface area contributed by atoms with Crippen LogP contribution in [0.2, 0.25) is 0 Å². The normalized spacial score (nSPS) is 15.8. The molecule has 0 spiro atoms. The second kappa shape index (κ2) is 9.46. The van der Waals surface area contributed by atoms with Gasteiger partial charge >= 0.3 is 0 Å². The first-order valence-corrected chi connectivity index (χ1v) is 11.8. The number of carbonyl (C=O) groups excluding carboxylic acids is 1. The molecule has 0 bridgehead atoms. The lowest BCUT2D eigenvalue weighted by Crippen LogP contribution is -2.30. The van der Waals surface area contributed by atoms with Gasteiger partial charge in [-0.15, -0.1) is 21.5 Å². The lowest BCUT2D eigenvalue weighted by molar-refractivity contribution is -0.119. The molecule has 9 heteroatoms. The predicted octanol–water partition coefficient (Wildman–Crippen LogP) is 4.64. The van der Waals surface area contributed by atoms with Gasteiger partial charge in [0.25, 0.3) is 11.1 Å². The van der Waals surface area contributed by atoms with E-state index in [0.717, 1.165) is 10.4 Å². The van der Waals surface area contributed by atoms with E-state index >= 15 is 0 Å². The molecule has 162 valence electrons. The SMILES string of the molecule is O=C(CSc1nnc(C2COc3ccccc3O2)o1)NC(c1ccccc1)c1cccs1. The van der Waals surface area contributed by atoms with E-state index in [1.807, 2.05) is 72.1 Å². The third-order valence-corrected chi connectivity index (χ3v) is 6.55. The van der Waals surface area contributed by atoms with E-state index in [0.29, 0.717) is 22.6 Å². The number of amides is 1. The van der Waals surface area contributed by atoms with Gasteiger partial charge in [0, 0.05) is 4.88 Å². The van der Waals surface area contributed by atoms with Crippen molar-refractivity contribution in [2.75, 3.05) is 12.4 Å². The second-order valence-electron chi connectivity index (χ2n) is 6.99. The largest absolute Gasteiger partial charge is 0.485 e. The Hall–Kier alpha value is -3.30. The molecule has 0 saturated heterocycles. The van der Waals surface area contributed by atoms with Crippen molar-refractivity contribution in [3.05, 3.63) is 88.4 Å². The summed E-state index contributed by atoms with van der Waals surface area (Å²) in [6.07, 6.45) is -0.484. The van der Waals surface area contributed by atoms with Crippen LogP contribution in [0.1, 0.15) is 28.5 Å². The molecule has 4 aromatic rings. The summed E-state index contributed by atoms with van der Waals surface area (Å²) in [4.78, 5) is 13.8. The number of carbonyl (C=O) groups is 1. The van der Waals surface area contributed by atoms with Crippen LogP contribution in [0.25, 0.3) is 0 Å². The molecular formula is C23H19N3O4S2. The Kier molecular flexibility index (Phi) is 6.09. The molecule has 0 fully saturated rings. The quantitative estimate of drug-likeness (QED) is 0.398. The Balaban J connectivity index is 1.20. The van der Waals surface area contributed by atoms with Crippen molar-refractivity contribution in [3.63, 3.8) is 0 Å². The van der Waals surface area contributed by atoms with Crippen molar-refractivity contribution >= 4 is 29.0 Å². The summed E-state index contributed by atoms with van der Waals surface area (Å²) in [7, 11) is 0. The molecule has 1 N–H and O–H groups in total. The first-order chi connectivity index (χ1) is 15.8. The van der Waals surface area contributed by atoms with Crippen molar-refractivity contribution in [3.8, 4) is 11.5 Å².